The number of aromatic nitrogens is 6. The van der Waals surface area contributed by atoms with Crippen molar-refractivity contribution in [1.82, 2.24) is 29.1 Å². The molecule has 0 amide bonds. The Labute approximate surface area is 207 Å². The molecule has 0 spiro atoms. The molecular formula is C20H26N8O9. The van der Waals surface area contributed by atoms with Crippen molar-refractivity contribution in [2.24, 2.45) is 0 Å². The fourth-order valence-electron chi connectivity index (χ4n) is 4.30. The molecule has 8 atom stereocenters. The van der Waals surface area contributed by atoms with Crippen LogP contribution in [0, 0.1) is 0 Å². The quantitative estimate of drug-likeness (QED) is 0.176. The van der Waals surface area contributed by atoms with Crippen LogP contribution in [0.25, 0.3) is 11.2 Å². The summed E-state index contributed by atoms with van der Waals surface area (Å²) in [7, 11) is 1.44. The van der Waals surface area contributed by atoms with E-state index >= 15 is 0 Å². The van der Waals surface area contributed by atoms with Gasteiger partial charge in [-0.2, -0.15) is 15.0 Å². The molecule has 2 saturated heterocycles. The van der Waals surface area contributed by atoms with Crippen LogP contribution in [0.15, 0.2) is 23.4 Å². The van der Waals surface area contributed by atoms with Crippen LogP contribution in [0.5, 0.6) is 6.01 Å². The number of nitrogens with zero attached hydrogens (tertiary/aromatic N) is 6. The van der Waals surface area contributed by atoms with Crippen molar-refractivity contribution in [3.63, 3.8) is 0 Å². The second-order valence-corrected chi connectivity index (χ2v) is 8.62. The molecule has 0 bridgehead atoms. The van der Waals surface area contributed by atoms with Crippen molar-refractivity contribution >= 4 is 22.8 Å². The van der Waals surface area contributed by atoms with Crippen LogP contribution in [-0.2, 0) is 14.2 Å². The molecule has 37 heavy (non-hydrogen) atoms. The number of hydrogen-bond donors (Lipinski definition) is 6. The highest BCUT2D eigenvalue weighted by Gasteiger charge is 2.45. The zero-order valence-corrected chi connectivity index (χ0v) is 19.4. The van der Waals surface area contributed by atoms with Crippen LogP contribution in [0.3, 0.4) is 0 Å². The maximum absolute atomic E-state index is 12.1. The topological polar surface area (TPSA) is 248 Å². The first-order valence-electron chi connectivity index (χ1n) is 11.2. The van der Waals surface area contributed by atoms with E-state index in [-0.39, 0.29) is 42.0 Å². The molecule has 17 heteroatoms. The molecule has 5 rings (SSSR count). The van der Waals surface area contributed by atoms with Gasteiger partial charge in [-0.15, -0.1) is 0 Å². The number of nitrogens with two attached hydrogens (primary N) is 2. The van der Waals surface area contributed by atoms with Gasteiger partial charge < -0.3 is 50.8 Å². The van der Waals surface area contributed by atoms with Gasteiger partial charge in [-0.25, -0.2) is 9.78 Å². The van der Waals surface area contributed by atoms with Gasteiger partial charge in [0.15, 0.2) is 29.4 Å². The van der Waals surface area contributed by atoms with Crippen molar-refractivity contribution in [3.05, 3.63) is 29.1 Å². The lowest BCUT2D eigenvalue weighted by molar-refractivity contribution is -0.0581. The van der Waals surface area contributed by atoms with E-state index in [2.05, 4.69) is 19.9 Å². The van der Waals surface area contributed by atoms with Crippen molar-refractivity contribution < 1.29 is 39.4 Å². The Hall–Kier alpha value is -3.45. The molecule has 17 nitrogen and oxygen atoms in total. The number of rotatable bonds is 7. The number of aliphatic hydroxyl groups excluding tert-OH is 4. The molecule has 200 valence electrons. The highest BCUT2D eigenvalue weighted by Crippen LogP contribution is 2.33. The van der Waals surface area contributed by atoms with Gasteiger partial charge in [0.2, 0.25) is 0 Å². The summed E-state index contributed by atoms with van der Waals surface area (Å²) < 4.78 is 24.4. The first-order valence-corrected chi connectivity index (χ1v) is 11.2. The van der Waals surface area contributed by atoms with Crippen LogP contribution < -0.4 is 21.9 Å². The molecule has 0 saturated carbocycles. The first-order chi connectivity index (χ1) is 17.7. The monoisotopic (exact) mass is 522 g/mol. The van der Waals surface area contributed by atoms with Crippen molar-refractivity contribution in [2.45, 2.75) is 49.1 Å². The molecule has 0 unspecified atom stereocenters. The minimum absolute atomic E-state index is 0.00205. The van der Waals surface area contributed by atoms with E-state index < -0.39 is 54.8 Å². The summed E-state index contributed by atoms with van der Waals surface area (Å²) in [6.45, 7) is -0.260. The Bertz CT molecular complexity index is 1330. The Morgan fingerprint density at radius 1 is 0.946 bits per heavy atom. The van der Waals surface area contributed by atoms with Crippen LogP contribution >= 0.6 is 0 Å². The summed E-state index contributed by atoms with van der Waals surface area (Å²) in [5.41, 5.74) is 11.1. The standard InChI is InChI=1S/C20H26N8O9/c1-34-4-7-11(29)14(32)18(36-7)28-6-23-10-15(22)25-19(26-16(10)28)35-5-8-12(30)13(31)17(37-8)27-3-2-9(21)24-20(27)33/h2-3,6-8,11-14,17-18,29-32H,4-5H2,1H3,(H2,21,24,33)(H2,22,25,26)/t7-,8-,11-,12-,13+,14+,17-,18-/m1/s1. The smallest absolute Gasteiger partial charge is 0.351 e. The molecule has 2 aliphatic heterocycles. The number of anilines is 2. The second kappa shape index (κ2) is 9.78. The number of nitrogen functional groups attached to an aromatic ring is 2. The normalized spacial score (nSPS) is 31.8. The average Bonchev–Trinajstić information content (AvgIpc) is 3.49. The van der Waals surface area contributed by atoms with E-state index in [1.807, 2.05) is 0 Å². The van der Waals surface area contributed by atoms with E-state index in [4.69, 9.17) is 30.4 Å². The van der Waals surface area contributed by atoms with Crippen molar-refractivity contribution in [2.75, 3.05) is 31.8 Å². The Morgan fingerprint density at radius 2 is 1.59 bits per heavy atom. The number of fused-ring (bicyclic) bond motifs is 1. The van der Waals surface area contributed by atoms with Crippen LogP contribution in [0.1, 0.15) is 12.5 Å². The highest BCUT2D eigenvalue weighted by molar-refractivity contribution is 5.82. The van der Waals surface area contributed by atoms with E-state index in [0.717, 1.165) is 4.57 Å². The lowest BCUT2D eigenvalue weighted by Gasteiger charge is -2.17. The average molecular weight is 522 g/mol. The molecule has 2 fully saturated rings. The predicted octanol–water partition coefficient (Wildman–Crippen LogP) is -3.49. The minimum atomic E-state index is -1.46. The lowest BCUT2D eigenvalue weighted by atomic mass is 10.1. The fourth-order valence-corrected chi connectivity index (χ4v) is 4.30. The number of methoxy groups -OCH3 is 1. The third kappa shape index (κ3) is 4.46. The maximum atomic E-state index is 12.1. The third-order valence-corrected chi connectivity index (χ3v) is 6.21. The molecule has 0 radical (unpaired) electrons. The zero-order valence-electron chi connectivity index (χ0n) is 19.4. The molecule has 2 aliphatic rings. The number of aliphatic hydroxyl groups is 4. The third-order valence-electron chi connectivity index (χ3n) is 6.21. The summed E-state index contributed by atoms with van der Waals surface area (Å²) in [5, 5.41) is 41.6. The SMILES string of the molecule is COC[C@H]1O[C@@H](n2cnc3c(N)nc(OC[C@H]4O[C@@H](n5ccc(N)nc5=O)[C@@H](O)[C@@H]4O)nc32)[C@@H](O)[C@@H]1O. The van der Waals surface area contributed by atoms with E-state index in [1.54, 1.807) is 0 Å². The first kappa shape index (κ1) is 25.2. The largest absolute Gasteiger partial charge is 0.460 e. The van der Waals surface area contributed by atoms with E-state index in [1.165, 1.54) is 30.3 Å². The summed E-state index contributed by atoms with van der Waals surface area (Å²) >= 11 is 0. The summed E-state index contributed by atoms with van der Waals surface area (Å²) in [6.07, 6.45) is -6.87. The molecule has 0 aromatic carbocycles. The van der Waals surface area contributed by atoms with Gasteiger partial charge in [-0.05, 0) is 6.07 Å². The maximum Gasteiger partial charge on any atom is 0.351 e. The van der Waals surface area contributed by atoms with Crippen molar-refractivity contribution in [3.8, 4) is 6.01 Å². The predicted molar refractivity (Wildman–Crippen MR) is 122 cm³/mol. The fraction of sp³-hybridized carbons (Fsp3) is 0.550. The van der Waals surface area contributed by atoms with Gasteiger partial charge in [0, 0.05) is 13.3 Å². The van der Waals surface area contributed by atoms with Gasteiger partial charge in [0.05, 0.1) is 12.9 Å². The van der Waals surface area contributed by atoms with Crippen LogP contribution in [0.2, 0.25) is 0 Å². The molecule has 0 aliphatic carbocycles. The van der Waals surface area contributed by atoms with E-state index in [9.17, 15) is 25.2 Å². The Balaban J connectivity index is 1.34. The minimum Gasteiger partial charge on any atom is -0.460 e. The van der Waals surface area contributed by atoms with Gasteiger partial charge in [-0.1, -0.05) is 0 Å². The van der Waals surface area contributed by atoms with Gasteiger partial charge >= 0.3 is 11.7 Å². The molecule has 5 heterocycles. The van der Waals surface area contributed by atoms with E-state index in [0.29, 0.717) is 0 Å². The summed E-state index contributed by atoms with van der Waals surface area (Å²) in [5.74, 6) is -0.0386. The molecular weight excluding hydrogens is 496 g/mol. The van der Waals surface area contributed by atoms with Gasteiger partial charge in [0.25, 0.3) is 0 Å². The number of hydrogen-bond acceptors (Lipinski definition) is 15. The molecule has 3 aromatic rings. The summed E-state index contributed by atoms with van der Waals surface area (Å²) in [6, 6.07) is 1.14. The highest BCUT2D eigenvalue weighted by atomic mass is 16.6. The summed E-state index contributed by atoms with van der Waals surface area (Å²) in [4.78, 5) is 28.2. The van der Waals surface area contributed by atoms with Gasteiger partial charge in [0.1, 0.15) is 49.0 Å². The molecule has 8 N–H and O–H groups in total. The lowest BCUT2D eigenvalue weighted by Crippen LogP contribution is -2.36. The Kier molecular flexibility index (Phi) is 6.67. The zero-order chi connectivity index (χ0) is 26.4. The van der Waals surface area contributed by atoms with Crippen LogP contribution in [-0.4, -0.2) is 106 Å². The van der Waals surface area contributed by atoms with Crippen molar-refractivity contribution in [1.29, 1.82) is 0 Å². The number of ether oxygens (including phenoxy) is 4. The number of imidazole rings is 1. The molecule has 3 aromatic heterocycles. The second-order valence-electron chi connectivity index (χ2n) is 8.62. The van der Waals surface area contributed by atoms with Gasteiger partial charge in [-0.3, -0.25) is 9.13 Å². The van der Waals surface area contributed by atoms with Crippen LogP contribution in [0.4, 0.5) is 11.6 Å². The Morgan fingerprint density at radius 3 is 2.24 bits per heavy atom.